The highest BCUT2D eigenvalue weighted by Crippen LogP contribution is 2.21. The number of thiophene rings is 1. The van der Waals surface area contributed by atoms with Crippen molar-refractivity contribution in [3.8, 4) is 0 Å². The molecule has 0 amide bonds. The van der Waals surface area contributed by atoms with E-state index in [9.17, 15) is 13.2 Å². The lowest BCUT2D eigenvalue weighted by molar-refractivity contribution is -0.134. The molecule has 1 nitrogen and oxygen atoms in total. The number of rotatable bonds is 4. The fourth-order valence-electron chi connectivity index (χ4n) is 0.887. The van der Waals surface area contributed by atoms with Gasteiger partial charge in [-0.25, -0.2) is 0 Å². The number of nitrogens with one attached hydrogen (secondary N) is 1. The molecular formula is C8H10F3NS. The average Bonchev–Trinajstić information content (AvgIpc) is 2.48. The number of halogens is 3. The van der Waals surface area contributed by atoms with Crippen molar-refractivity contribution in [2.24, 2.45) is 0 Å². The van der Waals surface area contributed by atoms with Gasteiger partial charge in [-0.2, -0.15) is 24.5 Å². The Balaban J connectivity index is 2.09. The molecule has 0 aliphatic carbocycles. The Kier molecular flexibility index (Phi) is 3.59. The fraction of sp³-hybridized carbons (Fsp3) is 0.500. The number of anilines is 1. The van der Waals surface area contributed by atoms with Gasteiger partial charge < -0.3 is 5.32 Å². The molecule has 0 fully saturated rings. The first kappa shape index (κ1) is 10.4. The summed E-state index contributed by atoms with van der Waals surface area (Å²) in [5, 5.41) is 6.66. The lowest BCUT2D eigenvalue weighted by Crippen LogP contribution is -2.10. The topological polar surface area (TPSA) is 12.0 Å². The molecule has 0 aromatic carbocycles. The van der Waals surface area contributed by atoms with E-state index in [2.05, 4.69) is 5.32 Å². The zero-order chi connectivity index (χ0) is 9.73. The first-order chi connectivity index (χ1) is 6.08. The van der Waals surface area contributed by atoms with Crippen LogP contribution in [0.1, 0.15) is 12.8 Å². The monoisotopic (exact) mass is 209 g/mol. The van der Waals surface area contributed by atoms with Gasteiger partial charge in [-0.05, 0) is 17.9 Å². The second kappa shape index (κ2) is 4.50. The number of hydrogen-bond donors (Lipinski definition) is 1. The van der Waals surface area contributed by atoms with Crippen LogP contribution in [0.15, 0.2) is 16.8 Å². The number of alkyl halides is 3. The Morgan fingerprint density at radius 3 is 2.69 bits per heavy atom. The van der Waals surface area contributed by atoms with Gasteiger partial charge in [0, 0.05) is 24.0 Å². The van der Waals surface area contributed by atoms with Crippen molar-refractivity contribution in [1.29, 1.82) is 0 Å². The van der Waals surface area contributed by atoms with Gasteiger partial charge in [-0.3, -0.25) is 0 Å². The minimum atomic E-state index is -4.03. The molecule has 0 aliphatic heterocycles. The maximum atomic E-state index is 11.7. The Morgan fingerprint density at radius 2 is 2.15 bits per heavy atom. The summed E-state index contributed by atoms with van der Waals surface area (Å²) in [4.78, 5) is 0. The molecule has 1 aromatic rings. The van der Waals surface area contributed by atoms with Crippen molar-refractivity contribution >= 4 is 17.0 Å². The van der Waals surface area contributed by atoms with Gasteiger partial charge in [0.05, 0.1) is 0 Å². The van der Waals surface area contributed by atoms with E-state index in [1.165, 1.54) is 11.3 Å². The molecule has 13 heavy (non-hydrogen) atoms. The summed E-state index contributed by atoms with van der Waals surface area (Å²) in [7, 11) is 0. The van der Waals surface area contributed by atoms with Crippen molar-refractivity contribution in [2.75, 3.05) is 11.9 Å². The van der Waals surface area contributed by atoms with Crippen molar-refractivity contribution < 1.29 is 13.2 Å². The summed E-state index contributed by atoms with van der Waals surface area (Å²) in [6.07, 6.45) is -4.63. The molecule has 1 N–H and O–H groups in total. The van der Waals surface area contributed by atoms with Crippen LogP contribution in [0.2, 0.25) is 0 Å². The SMILES string of the molecule is FC(F)(F)CCCNc1ccsc1. The van der Waals surface area contributed by atoms with Crippen molar-refractivity contribution in [1.82, 2.24) is 0 Å². The molecular weight excluding hydrogens is 199 g/mol. The molecule has 0 spiro atoms. The first-order valence-electron chi connectivity index (χ1n) is 3.91. The second-order valence-electron chi connectivity index (χ2n) is 2.66. The number of hydrogen-bond acceptors (Lipinski definition) is 2. The minimum absolute atomic E-state index is 0.124. The molecule has 0 saturated heterocycles. The van der Waals surface area contributed by atoms with E-state index in [4.69, 9.17) is 0 Å². The lowest BCUT2D eigenvalue weighted by Gasteiger charge is -2.06. The van der Waals surface area contributed by atoms with Gasteiger partial charge in [0.15, 0.2) is 0 Å². The highest BCUT2D eigenvalue weighted by atomic mass is 32.1. The van der Waals surface area contributed by atoms with Gasteiger partial charge >= 0.3 is 6.18 Å². The van der Waals surface area contributed by atoms with Crippen LogP contribution in [-0.4, -0.2) is 12.7 Å². The summed E-state index contributed by atoms with van der Waals surface area (Å²) in [5.74, 6) is 0. The van der Waals surface area contributed by atoms with Gasteiger partial charge in [0.2, 0.25) is 0 Å². The van der Waals surface area contributed by atoms with E-state index in [-0.39, 0.29) is 6.42 Å². The lowest BCUT2D eigenvalue weighted by atomic mass is 10.3. The van der Waals surface area contributed by atoms with Crippen LogP contribution in [0.3, 0.4) is 0 Å². The third kappa shape index (κ3) is 4.77. The molecule has 0 atom stereocenters. The van der Waals surface area contributed by atoms with Gasteiger partial charge in [0.1, 0.15) is 0 Å². The van der Waals surface area contributed by atoms with E-state index in [0.29, 0.717) is 6.54 Å². The molecule has 1 aromatic heterocycles. The van der Waals surface area contributed by atoms with Gasteiger partial charge in [-0.1, -0.05) is 0 Å². The third-order valence-corrected chi connectivity index (χ3v) is 2.17. The summed E-state index contributed by atoms with van der Waals surface area (Å²) in [6, 6.07) is 1.85. The highest BCUT2D eigenvalue weighted by Gasteiger charge is 2.25. The highest BCUT2D eigenvalue weighted by molar-refractivity contribution is 7.08. The molecule has 1 rings (SSSR count). The Morgan fingerprint density at radius 1 is 1.38 bits per heavy atom. The van der Waals surface area contributed by atoms with E-state index < -0.39 is 12.6 Å². The third-order valence-electron chi connectivity index (χ3n) is 1.49. The van der Waals surface area contributed by atoms with E-state index in [0.717, 1.165) is 5.69 Å². The smallest absolute Gasteiger partial charge is 0.384 e. The molecule has 1 heterocycles. The fourth-order valence-corrected chi connectivity index (χ4v) is 1.50. The van der Waals surface area contributed by atoms with Gasteiger partial charge in [-0.15, -0.1) is 0 Å². The molecule has 0 radical (unpaired) electrons. The molecule has 0 bridgehead atoms. The standard InChI is InChI=1S/C8H10F3NS/c9-8(10,11)3-1-4-12-7-2-5-13-6-7/h2,5-6,12H,1,3-4H2. The van der Waals surface area contributed by atoms with Crippen LogP contribution < -0.4 is 5.32 Å². The molecule has 0 unspecified atom stereocenters. The summed E-state index contributed by atoms with van der Waals surface area (Å²) < 4.78 is 35.1. The van der Waals surface area contributed by atoms with Crippen LogP contribution in [0.4, 0.5) is 18.9 Å². The van der Waals surface area contributed by atoms with Crippen molar-refractivity contribution in [3.05, 3.63) is 16.8 Å². The molecule has 0 saturated carbocycles. The maximum Gasteiger partial charge on any atom is 0.389 e. The summed E-state index contributed by atoms with van der Waals surface area (Å²) in [6.45, 7) is 0.371. The van der Waals surface area contributed by atoms with Gasteiger partial charge in [0.25, 0.3) is 0 Å². The van der Waals surface area contributed by atoms with Crippen molar-refractivity contribution in [2.45, 2.75) is 19.0 Å². The normalized spacial score (nSPS) is 11.6. The Labute approximate surface area is 78.6 Å². The predicted octanol–water partition coefficient (Wildman–Crippen LogP) is 3.50. The van der Waals surface area contributed by atoms with E-state index >= 15 is 0 Å². The largest absolute Gasteiger partial charge is 0.389 e. The summed E-state index contributed by atoms with van der Waals surface area (Å²) >= 11 is 1.52. The zero-order valence-corrected chi connectivity index (χ0v) is 7.71. The quantitative estimate of drug-likeness (QED) is 0.748. The maximum absolute atomic E-state index is 11.7. The van der Waals surface area contributed by atoms with Crippen molar-refractivity contribution in [3.63, 3.8) is 0 Å². The van der Waals surface area contributed by atoms with Crippen LogP contribution in [0.25, 0.3) is 0 Å². The van der Waals surface area contributed by atoms with E-state index in [1.54, 1.807) is 0 Å². The van der Waals surface area contributed by atoms with Crippen LogP contribution in [-0.2, 0) is 0 Å². The minimum Gasteiger partial charge on any atom is -0.384 e. The Bertz CT molecular complexity index is 230. The summed E-state index contributed by atoms with van der Waals surface area (Å²) in [5.41, 5.74) is 0.896. The van der Waals surface area contributed by atoms with E-state index in [1.807, 2.05) is 16.8 Å². The zero-order valence-electron chi connectivity index (χ0n) is 6.90. The Hall–Kier alpha value is -0.710. The second-order valence-corrected chi connectivity index (χ2v) is 3.44. The van der Waals surface area contributed by atoms with Crippen LogP contribution >= 0.6 is 11.3 Å². The predicted molar refractivity (Wildman–Crippen MR) is 48.1 cm³/mol. The van der Waals surface area contributed by atoms with Crippen LogP contribution in [0, 0.1) is 0 Å². The first-order valence-corrected chi connectivity index (χ1v) is 4.85. The molecule has 74 valence electrons. The average molecular weight is 209 g/mol. The van der Waals surface area contributed by atoms with Crippen LogP contribution in [0.5, 0.6) is 0 Å². The molecule has 0 aliphatic rings. The molecule has 5 heteroatoms.